The lowest BCUT2D eigenvalue weighted by Gasteiger charge is -2.24. The highest BCUT2D eigenvalue weighted by molar-refractivity contribution is 9.10. The van der Waals surface area contributed by atoms with E-state index in [4.69, 9.17) is 0 Å². The van der Waals surface area contributed by atoms with E-state index in [1.807, 2.05) is 0 Å². The van der Waals surface area contributed by atoms with Crippen molar-refractivity contribution < 1.29 is 0 Å². The van der Waals surface area contributed by atoms with Crippen LogP contribution in [0.15, 0.2) is 34.9 Å². The molecule has 0 radical (unpaired) electrons. The van der Waals surface area contributed by atoms with Crippen molar-refractivity contribution in [2.75, 3.05) is 13.1 Å². The monoisotopic (exact) mass is 265 g/mol. The second kappa shape index (κ2) is 5.36. The van der Waals surface area contributed by atoms with E-state index in [-0.39, 0.29) is 0 Å². The second-order valence-electron chi connectivity index (χ2n) is 3.96. The quantitative estimate of drug-likeness (QED) is 0.784. The summed E-state index contributed by atoms with van der Waals surface area (Å²) in [7, 11) is 0. The molecule has 0 saturated carbocycles. The predicted octanol–water partition coefficient (Wildman–Crippen LogP) is 3.91. The Kier molecular flexibility index (Phi) is 3.84. The molecule has 1 saturated heterocycles. The van der Waals surface area contributed by atoms with Crippen molar-refractivity contribution in [1.82, 2.24) is 4.90 Å². The highest BCUT2D eigenvalue weighted by Gasteiger charge is 2.04. The van der Waals surface area contributed by atoms with Crippen LogP contribution in [0.4, 0.5) is 0 Å². The summed E-state index contributed by atoms with van der Waals surface area (Å²) in [5.41, 5.74) is 1.27. The van der Waals surface area contributed by atoms with E-state index in [1.54, 1.807) is 0 Å². The Morgan fingerprint density at radius 3 is 2.33 bits per heavy atom. The molecule has 1 nitrogen and oxygen atoms in total. The number of likely N-dealkylation sites (tertiary alicyclic amines) is 1. The molecule has 80 valence electrons. The summed E-state index contributed by atoms with van der Waals surface area (Å²) in [5, 5.41) is 0. The molecular formula is C13H16BrN. The molecule has 1 heterocycles. The van der Waals surface area contributed by atoms with Gasteiger partial charge in [-0.15, -0.1) is 0 Å². The lowest BCUT2D eigenvalue weighted by atomic mass is 10.1. The standard InChI is InChI=1S/C13H16BrN/c14-13-6-4-12(5-7-13)8-11-15-9-2-1-3-10-15/h4-8,11H,1-3,9-10H2/b11-8+. The first-order valence-electron chi connectivity index (χ1n) is 5.52. The van der Waals surface area contributed by atoms with Gasteiger partial charge in [0, 0.05) is 17.6 Å². The third kappa shape index (κ3) is 3.38. The van der Waals surface area contributed by atoms with Crippen LogP contribution in [-0.2, 0) is 0 Å². The molecule has 0 bridgehead atoms. The molecule has 0 atom stereocenters. The largest absolute Gasteiger partial charge is 0.377 e. The summed E-state index contributed by atoms with van der Waals surface area (Å²) in [6.45, 7) is 2.43. The van der Waals surface area contributed by atoms with Gasteiger partial charge < -0.3 is 4.90 Å². The summed E-state index contributed by atoms with van der Waals surface area (Å²) in [5.74, 6) is 0. The summed E-state index contributed by atoms with van der Waals surface area (Å²) in [6.07, 6.45) is 8.48. The summed E-state index contributed by atoms with van der Waals surface area (Å²) in [6, 6.07) is 8.42. The third-order valence-electron chi connectivity index (χ3n) is 2.74. The smallest absolute Gasteiger partial charge is 0.0175 e. The topological polar surface area (TPSA) is 3.24 Å². The molecular weight excluding hydrogens is 250 g/mol. The Balaban J connectivity index is 1.95. The Morgan fingerprint density at radius 1 is 1.00 bits per heavy atom. The molecule has 1 aliphatic heterocycles. The Morgan fingerprint density at radius 2 is 1.67 bits per heavy atom. The van der Waals surface area contributed by atoms with Crippen LogP contribution in [0.5, 0.6) is 0 Å². The van der Waals surface area contributed by atoms with Crippen molar-refractivity contribution in [2.24, 2.45) is 0 Å². The maximum atomic E-state index is 3.44. The zero-order valence-corrected chi connectivity index (χ0v) is 10.4. The number of halogens is 1. The van der Waals surface area contributed by atoms with Gasteiger partial charge in [-0.1, -0.05) is 28.1 Å². The molecule has 0 spiro atoms. The Bertz CT molecular complexity index is 323. The van der Waals surface area contributed by atoms with E-state index < -0.39 is 0 Å². The van der Waals surface area contributed by atoms with Crippen LogP contribution < -0.4 is 0 Å². The molecule has 0 aliphatic carbocycles. The lowest BCUT2D eigenvalue weighted by Crippen LogP contribution is -2.23. The van der Waals surface area contributed by atoms with E-state index in [0.29, 0.717) is 0 Å². The molecule has 2 rings (SSSR count). The van der Waals surface area contributed by atoms with Crippen LogP contribution in [0.2, 0.25) is 0 Å². The van der Waals surface area contributed by atoms with Gasteiger partial charge in [0.15, 0.2) is 0 Å². The van der Waals surface area contributed by atoms with E-state index in [1.165, 1.54) is 37.9 Å². The van der Waals surface area contributed by atoms with Crippen LogP contribution in [0, 0.1) is 0 Å². The predicted molar refractivity (Wildman–Crippen MR) is 68.6 cm³/mol. The molecule has 1 aromatic carbocycles. The molecule has 1 aliphatic rings. The van der Waals surface area contributed by atoms with Crippen molar-refractivity contribution in [3.05, 3.63) is 40.5 Å². The molecule has 0 aromatic heterocycles. The minimum absolute atomic E-state index is 1.14. The molecule has 1 aromatic rings. The van der Waals surface area contributed by atoms with E-state index in [2.05, 4.69) is 57.4 Å². The van der Waals surface area contributed by atoms with Gasteiger partial charge in [-0.25, -0.2) is 0 Å². The first kappa shape index (κ1) is 10.7. The van der Waals surface area contributed by atoms with Gasteiger partial charge in [0.1, 0.15) is 0 Å². The summed E-state index contributed by atoms with van der Waals surface area (Å²) in [4.78, 5) is 2.41. The number of piperidine rings is 1. The van der Waals surface area contributed by atoms with Gasteiger partial charge >= 0.3 is 0 Å². The van der Waals surface area contributed by atoms with E-state index in [0.717, 1.165) is 4.47 Å². The molecule has 1 fully saturated rings. The molecule has 15 heavy (non-hydrogen) atoms. The Labute approximate surface area is 99.9 Å². The number of nitrogens with zero attached hydrogens (tertiary/aromatic N) is 1. The van der Waals surface area contributed by atoms with Crippen LogP contribution in [-0.4, -0.2) is 18.0 Å². The van der Waals surface area contributed by atoms with E-state index >= 15 is 0 Å². The summed E-state index contributed by atoms with van der Waals surface area (Å²) >= 11 is 3.44. The average Bonchev–Trinajstić information content (AvgIpc) is 2.30. The van der Waals surface area contributed by atoms with Gasteiger partial charge in [0.25, 0.3) is 0 Å². The zero-order valence-electron chi connectivity index (χ0n) is 8.82. The first-order chi connectivity index (χ1) is 7.34. The average molecular weight is 266 g/mol. The fourth-order valence-corrected chi connectivity index (χ4v) is 2.10. The van der Waals surface area contributed by atoms with Crippen LogP contribution in [0.1, 0.15) is 24.8 Å². The number of hydrogen-bond donors (Lipinski definition) is 0. The van der Waals surface area contributed by atoms with Crippen molar-refractivity contribution in [3.63, 3.8) is 0 Å². The fraction of sp³-hybridized carbons (Fsp3) is 0.385. The van der Waals surface area contributed by atoms with Gasteiger partial charge in [-0.05, 0) is 49.2 Å². The zero-order chi connectivity index (χ0) is 10.5. The number of hydrogen-bond acceptors (Lipinski definition) is 1. The van der Waals surface area contributed by atoms with Gasteiger partial charge in [-0.2, -0.15) is 0 Å². The van der Waals surface area contributed by atoms with Gasteiger partial charge in [0.2, 0.25) is 0 Å². The lowest BCUT2D eigenvalue weighted by molar-refractivity contribution is 0.311. The Hall–Kier alpha value is -0.760. The highest BCUT2D eigenvalue weighted by Crippen LogP contribution is 2.13. The highest BCUT2D eigenvalue weighted by atomic mass is 79.9. The fourth-order valence-electron chi connectivity index (χ4n) is 1.83. The molecule has 0 amide bonds. The number of benzene rings is 1. The summed E-state index contributed by atoms with van der Waals surface area (Å²) < 4.78 is 1.14. The minimum Gasteiger partial charge on any atom is -0.377 e. The van der Waals surface area contributed by atoms with Crippen molar-refractivity contribution in [3.8, 4) is 0 Å². The first-order valence-corrected chi connectivity index (χ1v) is 6.32. The molecule has 0 N–H and O–H groups in total. The minimum atomic E-state index is 1.14. The number of rotatable bonds is 2. The van der Waals surface area contributed by atoms with Crippen molar-refractivity contribution >= 4 is 22.0 Å². The third-order valence-corrected chi connectivity index (χ3v) is 3.27. The normalized spacial score (nSPS) is 17.3. The molecule has 2 heteroatoms. The van der Waals surface area contributed by atoms with Crippen molar-refractivity contribution in [2.45, 2.75) is 19.3 Å². The van der Waals surface area contributed by atoms with Crippen LogP contribution >= 0.6 is 15.9 Å². The van der Waals surface area contributed by atoms with Crippen LogP contribution in [0.3, 0.4) is 0 Å². The molecule has 0 unspecified atom stereocenters. The maximum absolute atomic E-state index is 3.44. The van der Waals surface area contributed by atoms with Crippen LogP contribution in [0.25, 0.3) is 6.08 Å². The van der Waals surface area contributed by atoms with E-state index in [9.17, 15) is 0 Å². The maximum Gasteiger partial charge on any atom is 0.0175 e. The van der Waals surface area contributed by atoms with Gasteiger partial charge in [0.05, 0.1) is 0 Å². The van der Waals surface area contributed by atoms with Gasteiger partial charge in [-0.3, -0.25) is 0 Å². The SMILES string of the molecule is Brc1ccc(/C=C/N2CCCCC2)cc1. The second-order valence-corrected chi connectivity index (χ2v) is 4.88. The van der Waals surface area contributed by atoms with Crippen molar-refractivity contribution in [1.29, 1.82) is 0 Å².